The maximum Gasteiger partial charge on any atom is 0.544 e. The molecule has 0 unspecified atom stereocenters. The molecular weight excluding hydrogens is 199 g/mol. The van der Waals surface area contributed by atoms with Gasteiger partial charge in [0.05, 0.1) is 0 Å². The van der Waals surface area contributed by atoms with E-state index in [4.69, 9.17) is 0 Å². The van der Waals surface area contributed by atoms with Gasteiger partial charge in [-0.05, 0) is 18.2 Å². The Morgan fingerprint density at radius 3 is 2.43 bits per heavy atom. The number of fused-ring (bicyclic) bond motifs is 1. The second kappa shape index (κ2) is 2.77. The van der Waals surface area contributed by atoms with Crippen LogP contribution in [0.2, 0.25) is 0 Å². The first-order valence-corrected chi connectivity index (χ1v) is 3.86. The molecule has 0 aliphatic heterocycles. The highest BCUT2D eigenvalue weighted by molar-refractivity contribution is 6.72. The second-order valence-corrected chi connectivity index (χ2v) is 2.91. The fraction of sp³-hybridized carbons (Fsp3) is 0. The summed E-state index contributed by atoms with van der Waals surface area (Å²) in [5, 5.41) is 0.251. The fourth-order valence-electron chi connectivity index (χ4n) is 1.19. The maximum absolute atomic E-state index is 12.6. The van der Waals surface area contributed by atoms with Gasteiger partial charge in [-0.1, -0.05) is 0 Å². The minimum absolute atomic E-state index is 0.0841. The third-order valence-electron chi connectivity index (χ3n) is 1.82. The van der Waals surface area contributed by atoms with E-state index in [1.54, 1.807) is 0 Å². The highest BCUT2D eigenvalue weighted by Gasteiger charge is 2.30. The van der Waals surface area contributed by atoms with Gasteiger partial charge in [-0.2, -0.15) is 0 Å². The van der Waals surface area contributed by atoms with E-state index in [9.17, 15) is 17.3 Å². The summed E-state index contributed by atoms with van der Waals surface area (Å²) in [6, 6.07) is 4.14. The number of hydrogen-bond acceptors (Lipinski definition) is 1. The van der Waals surface area contributed by atoms with Gasteiger partial charge in [0, 0.05) is 17.1 Å². The third-order valence-corrected chi connectivity index (χ3v) is 1.82. The summed E-state index contributed by atoms with van der Waals surface area (Å²) in [4.78, 5) is 0. The van der Waals surface area contributed by atoms with Crippen LogP contribution in [0.4, 0.5) is 17.3 Å². The maximum atomic E-state index is 12.6. The van der Waals surface area contributed by atoms with Gasteiger partial charge in [0.25, 0.3) is 0 Å². The van der Waals surface area contributed by atoms with Gasteiger partial charge in [-0.3, -0.25) is 0 Å². The first-order valence-electron chi connectivity index (χ1n) is 3.86. The zero-order chi connectivity index (χ0) is 10.3. The topological polar surface area (TPSA) is 13.1 Å². The fourth-order valence-corrected chi connectivity index (χ4v) is 1.19. The normalized spacial score (nSPS) is 12.3. The molecule has 2 aromatic rings. The smallest absolute Gasteiger partial charge is 0.493 e. The summed E-state index contributed by atoms with van der Waals surface area (Å²) < 4.78 is 53.7. The predicted molar refractivity (Wildman–Crippen MR) is 44.9 cm³/mol. The molecule has 0 atom stereocenters. The van der Waals surface area contributed by atoms with Crippen LogP contribution < -0.4 is 5.66 Å². The molecule has 1 heterocycles. The van der Waals surface area contributed by atoms with E-state index in [1.165, 1.54) is 6.07 Å². The highest BCUT2D eigenvalue weighted by Crippen LogP contribution is 2.19. The molecule has 6 heteroatoms. The monoisotopic (exact) mass is 203 g/mol. The van der Waals surface area contributed by atoms with Crippen molar-refractivity contribution in [3.05, 3.63) is 30.1 Å². The molecule has 0 aliphatic carbocycles. The molecule has 1 aromatic carbocycles. The molecule has 0 saturated heterocycles. The van der Waals surface area contributed by atoms with E-state index in [1.807, 2.05) is 0 Å². The van der Waals surface area contributed by atoms with Crippen molar-refractivity contribution < 1.29 is 21.8 Å². The Labute approximate surface area is 76.4 Å². The molecule has 0 spiro atoms. The molecule has 1 aromatic heterocycles. The van der Waals surface area contributed by atoms with Crippen LogP contribution in [0.3, 0.4) is 0 Å². The number of halogens is 4. The van der Waals surface area contributed by atoms with Crippen LogP contribution in [-0.4, -0.2) is 6.98 Å². The Morgan fingerprint density at radius 2 is 1.79 bits per heavy atom. The van der Waals surface area contributed by atoms with Crippen LogP contribution >= 0.6 is 0 Å². The van der Waals surface area contributed by atoms with E-state index in [0.29, 0.717) is 0 Å². The standard InChI is InChI=1S/C8H4BF4O/c10-6-2-1-5-3-8(9(11,12)13)14-7(5)4-6/h1-4H/q-1. The van der Waals surface area contributed by atoms with Crippen LogP contribution in [0.25, 0.3) is 11.0 Å². The minimum Gasteiger partial charge on any atom is -0.493 e. The minimum atomic E-state index is -5.16. The van der Waals surface area contributed by atoms with E-state index in [0.717, 1.165) is 18.2 Å². The van der Waals surface area contributed by atoms with Gasteiger partial charge in [-0.25, -0.2) is 4.39 Å². The lowest BCUT2D eigenvalue weighted by atomic mass is 9.88. The average Bonchev–Trinajstić information content (AvgIpc) is 2.45. The lowest BCUT2D eigenvalue weighted by Crippen LogP contribution is -2.32. The van der Waals surface area contributed by atoms with Crippen molar-refractivity contribution in [2.24, 2.45) is 0 Å². The van der Waals surface area contributed by atoms with Crippen LogP contribution in [0.5, 0.6) is 0 Å². The van der Waals surface area contributed by atoms with Crippen molar-refractivity contribution in [3.63, 3.8) is 0 Å². The van der Waals surface area contributed by atoms with Gasteiger partial charge >= 0.3 is 6.98 Å². The quantitative estimate of drug-likeness (QED) is 0.512. The largest absolute Gasteiger partial charge is 0.544 e. The molecule has 2 rings (SSSR count). The molecule has 0 radical (unpaired) electrons. The highest BCUT2D eigenvalue weighted by atomic mass is 19.4. The molecule has 0 amide bonds. The van der Waals surface area contributed by atoms with E-state index < -0.39 is 18.5 Å². The Balaban J connectivity index is 2.63. The van der Waals surface area contributed by atoms with Crippen molar-refractivity contribution >= 4 is 23.6 Å². The van der Waals surface area contributed by atoms with Gasteiger partial charge in [0.2, 0.25) is 0 Å². The lowest BCUT2D eigenvalue weighted by Gasteiger charge is -2.08. The van der Waals surface area contributed by atoms with Gasteiger partial charge in [-0.15, -0.1) is 0 Å². The van der Waals surface area contributed by atoms with Gasteiger partial charge < -0.3 is 17.4 Å². The van der Waals surface area contributed by atoms with Gasteiger partial charge in [0.1, 0.15) is 11.4 Å². The van der Waals surface area contributed by atoms with Crippen molar-refractivity contribution in [1.29, 1.82) is 0 Å². The van der Waals surface area contributed by atoms with Crippen LogP contribution in [0.1, 0.15) is 0 Å². The SMILES string of the molecule is Fc1ccc2cc([B-](F)(F)F)oc2c1. The zero-order valence-corrected chi connectivity index (χ0v) is 6.81. The molecular formula is C8H4BF4O-. The lowest BCUT2D eigenvalue weighted by molar-refractivity contribution is 0.472. The number of rotatable bonds is 1. The third kappa shape index (κ3) is 1.47. The van der Waals surface area contributed by atoms with Gasteiger partial charge in [0.15, 0.2) is 0 Å². The van der Waals surface area contributed by atoms with Crippen LogP contribution in [-0.2, 0) is 0 Å². The number of hydrogen-bond donors (Lipinski definition) is 0. The van der Waals surface area contributed by atoms with Crippen molar-refractivity contribution in [2.45, 2.75) is 0 Å². The molecule has 0 fully saturated rings. The summed E-state index contributed by atoms with van der Waals surface area (Å²) >= 11 is 0. The molecule has 0 saturated carbocycles. The summed E-state index contributed by atoms with van der Waals surface area (Å²) in [6.07, 6.45) is 0. The average molecular weight is 203 g/mol. The molecule has 14 heavy (non-hydrogen) atoms. The van der Waals surface area contributed by atoms with Crippen molar-refractivity contribution in [2.75, 3.05) is 0 Å². The van der Waals surface area contributed by atoms with E-state index >= 15 is 0 Å². The van der Waals surface area contributed by atoms with Crippen LogP contribution in [0.15, 0.2) is 28.7 Å². The van der Waals surface area contributed by atoms with Crippen LogP contribution in [0, 0.1) is 5.82 Å². The summed E-state index contributed by atoms with van der Waals surface area (Å²) in [7, 11) is 0. The Morgan fingerprint density at radius 1 is 1.07 bits per heavy atom. The Bertz CT molecular complexity index is 474. The number of benzene rings is 1. The molecule has 1 nitrogen and oxygen atoms in total. The second-order valence-electron chi connectivity index (χ2n) is 2.91. The molecule has 74 valence electrons. The summed E-state index contributed by atoms with van der Waals surface area (Å²) in [5.74, 6) is -0.618. The van der Waals surface area contributed by atoms with E-state index in [-0.39, 0.29) is 11.0 Å². The first-order chi connectivity index (χ1) is 6.47. The molecule has 0 aliphatic rings. The predicted octanol–water partition coefficient (Wildman–Crippen LogP) is 2.63. The van der Waals surface area contributed by atoms with Crippen molar-refractivity contribution in [1.82, 2.24) is 0 Å². The molecule has 0 N–H and O–H groups in total. The van der Waals surface area contributed by atoms with Crippen molar-refractivity contribution in [3.8, 4) is 0 Å². The summed E-state index contributed by atoms with van der Waals surface area (Å²) in [6.45, 7) is -5.16. The first kappa shape index (κ1) is 9.11. The zero-order valence-electron chi connectivity index (χ0n) is 6.81. The Hall–Kier alpha value is -1.46. The summed E-state index contributed by atoms with van der Waals surface area (Å²) in [5.41, 5.74) is -1.13. The Kier molecular flexibility index (Phi) is 1.80. The van der Waals surface area contributed by atoms with E-state index in [2.05, 4.69) is 4.42 Å². The number of furan rings is 1. The molecule has 0 bridgehead atoms.